The van der Waals surface area contributed by atoms with Crippen LogP contribution in [0.4, 0.5) is 0 Å². The zero-order valence-corrected chi connectivity index (χ0v) is 7.13. The molecule has 1 unspecified atom stereocenters. The van der Waals surface area contributed by atoms with Crippen LogP contribution in [0.3, 0.4) is 0 Å². The summed E-state index contributed by atoms with van der Waals surface area (Å²) in [5.74, 6) is -0.409. The Morgan fingerprint density at radius 2 is 2.18 bits per heavy atom. The van der Waals surface area contributed by atoms with Crippen LogP contribution in [0, 0.1) is 0 Å². The second kappa shape index (κ2) is 4.91. The normalized spacial score (nSPS) is 14.6. The van der Waals surface area contributed by atoms with Crippen molar-refractivity contribution in [1.82, 2.24) is 0 Å². The van der Waals surface area contributed by atoms with E-state index in [2.05, 4.69) is 0 Å². The van der Waals surface area contributed by atoms with Crippen LogP contribution in [0.1, 0.15) is 26.7 Å². The van der Waals surface area contributed by atoms with Crippen LogP contribution in [-0.4, -0.2) is 11.9 Å². The Kier molecular flexibility index (Phi) is 4.54. The molecular weight excluding hydrogens is 140 g/mol. The molecule has 0 aromatic heterocycles. The fourth-order valence-electron chi connectivity index (χ4n) is 0.811. The maximum absolute atomic E-state index is 10.7. The maximum Gasteiger partial charge on any atom is 0.245 e. The monoisotopic (exact) mass is 156 g/mol. The average Bonchev–Trinajstić information content (AvgIpc) is 1.87. The number of amides is 1. The number of nitrogens with two attached hydrogens (primary N) is 2. The minimum Gasteiger partial charge on any atom is -0.366 e. The zero-order valence-electron chi connectivity index (χ0n) is 7.13. The van der Waals surface area contributed by atoms with Crippen LogP contribution in [0.5, 0.6) is 0 Å². The smallest absolute Gasteiger partial charge is 0.245 e. The predicted molar refractivity (Wildman–Crippen MR) is 45.8 cm³/mol. The van der Waals surface area contributed by atoms with Gasteiger partial charge in [0.25, 0.3) is 0 Å². The Labute approximate surface area is 67.4 Å². The van der Waals surface area contributed by atoms with Crippen molar-refractivity contribution >= 4 is 5.91 Å². The molecule has 0 spiro atoms. The van der Waals surface area contributed by atoms with Crippen LogP contribution >= 0.6 is 0 Å². The summed E-state index contributed by atoms with van der Waals surface area (Å²) in [5, 5.41) is 0. The molecule has 0 saturated carbocycles. The second-order valence-electron chi connectivity index (χ2n) is 2.60. The molecule has 4 N–H and O–H groups in total. The zero-order chi connectivity index (χ0) is 8.85. The molecule has 0 fully saturated rings. The summed E-state index contributed by atoms with van der Waals surface area (Å²) < 4.78 is 0. The molecule has 0 radical (unpaired) electrons. The number of carbonyl (C=O) groups excluding carboxylic acids is 1. The third-order valence-electron chi connectivity index (χ3n) is 1.43. The first kappa shape index (κ1) is 10.2. The Balaban J connectivity index is 4.21. The highest BCUT2D eigenvalue weighted by atomic mass is 16.1. The Hall–Kier alpha value is -0.830. The van der Waals surface area contributed by atoms with Gasteiger partial charge in [0, 0.05) is 11.6 Å². The summed E-state index contributed by atoms with van der Waals surface area (Å²) in [7, 11) is 0. The van der Waals surface area contributed by atoms with Gasteiger partial charge in [0.05, 0.1) is 0 Å². The highest BCUT2D eigenvalue weighted by Crippen LogP contribution is 2.01. The van der Waals surface area contributed by atoms with Crippen LogP contribution in [0.2, 0.25) is 0 Å². The average molecular weight is 156 g/mol. The summed E-state index contributed by atoms with van der Waals surface area (Å²) in [6.45, 7) is 3.79. The summed E-state index contributed by atoms with van der Waals surface area (Å²) in [5.41, 5.74) is 11.1. The number of rotatable bonds is 4. The topological polar surface area (TPSA) is 69.1 Å². The fourth-order valence-corrected chi connectivity index (χ4v) is 0.811. The first-order chi connectivity index (χ1) is 5.09. The number of hydrogen-bond donors (Lipinski definition) is 2. The molecular formula is C8H16N2O. The lowest BCUT2D eigenvalue weighted by molar-refractivity contribution is -0.114. The van der Waals surface area contributed by atoms with E-state index < -0.39 is 5.91 Å². The van der Waals surface area contributed by atoms with E-state index in [0.29, 0.717) is 5.57 Å². The van der Waals surface area contributed by atoms with E-state index in [9.17, 15) is 4.79 Å². The molecule has 11 heavy (non-hydrogen) atoms. The highest BCUT2D eigenvalue weighted by Gasteiger charge is 2.08. The van der Waals surface area contributed by atoms with Gasteiger partial charge >= 0.3 is 0 Å². The van der Waals surface area contributed by atoms with E-state index in [4.69, 9.17) is 11.5 Å². The lowest BCUT2D eigenvalue weighted by atomic mass is 10.1. The molecule has 0 heterocycles. The molecule has 3 heteroatoms. The Morgan fingerprint density at radius 1 is 1.64 bits per heavy atom. The molecule has 0 rings (SSSR count). The van der Waals surface area contributed by atoms with Crippen LogP contribution in [0.15, 0.2) is 11.6 Å². The van der Waals surface area contributed by atoms with E-state index in [1.165, 1.54) is 0 Å². The maximum atomic E-state index is 10.7. The molecule has 64 valence electrons. The van der Waals surface area contributed by atoms with Crippen molar-refractivity contribution in [1.29, 1.82) is 0 Å². The molecule has 0 aromatic carbocycles. The standard InChI is InChI=1S/C8H16N2O/c1-3-4-5-7(6(2)9)8(10)11/h5-6H,3-4,9H2,1-2H3,(H2,10,11). The molecule has 1 amide bonds. The molecule has 0 aliphatic heterocycles. The van der Waals surface area contributed by atoms with E-state index in [-0.39, 0.29) is 6.04 Å². The van der Waals surface area contributed by atoms with Gasteiger partial charge in [0.2, 0.25) is 5.91 Å². The van der Waals surface area contributed by atoms with Crippen molar-refractivity contribution < 1.29 is 4.79 Å². The summed E-state index contributed by atoms with van der Waals surface area (Å²) >= 11 is 0. The predicted octanol–water partition coefficient (Wildman–Crippen LogP) is 0.545. The van der Waals surface area contributed by atoms with Crippen molar-refractivity contribution in [3.05, 3.63) is 11.6 Å². The lowest BCUT2D eigenvalue weighted by Gasteiger charge is -2.06. The number of hydrogen-bond acceptors (Lipinski definition) is 2. The van der Waals surface area contributed by atoms with E-state index in [1.807, 2.05) is 13.0 Å². The largest absolute Gasteiger partial charge is 0.366 e. The summed E-state index contributed by atoms with van der Waals surface area (Å²) in [6, 6.07) is -0.251. The molecule has 0 aromatic rings. The van der Waals surface area contributed by atoms with Crippen molar-refractivity contribution in [2.75, 3.05) is 0 Å². The van der Waals surface area contributed by atoms with Gasteiger partial charge in [0.15, 0.2) is 0 Å². The summed E-state index contributed by atoms with van der Waals surface area (Å²) in [4.78, 5) is 10.7. The molecule has 0 aliphatic rings. The van der Waals surface area contributed by atoms with E-state index in [0.717, 1.165) is 12.8 Å². The first-order valence-corrected chi connectivity index (χ1v) is 3.85. The number of primary amides is 1. The van der Waals surface area contributed by atoms with E-state index >= 15 is 0 Å². The number of unbranched alkanes of at least 4 members (excludes halogenated alkanes) is 1. The molecule has 0 saturated heterocycles. The van der Waals surface area contributed by atoms with Gasteiger partial charge in [-0.25, -0.2) is 0 Å². The lowest BCUT2D eigenvalue weighted by Crippen LogP contribution is -2.28. The minimum atomic E-state index is -0.409. The van der Waals surface area contributed by atoms with Crippen LogP contribution in [-0.2, 0) is 4.79 Å². The van der Waals surface area contributed by atoms with Gasteiger partial charge in [-0.1, -0.05) is 19.4 Å². The third kappa shape index (κ3) is 3.78. The second-order valence-corrected chi connectivity index (χ2v) is 2.60. The van der Waals surface area contributed by atoms with Gasteiger partial charge in [-0.3, -0.25) is 4.79 Å². The number of allylic oxidation sites excluding steroid dienone is 1. The first-order valence-electron chi connectivity index (χ1n) is 3.85. The van der Waals surface area contributed by atoms with Gasteiger partial charge in [-0.15, -0.1) is 0 Å². The van der Waals surface area contributed by atoms with Crippen molar-refractivity contribution in [2.45, 2.75) is 32.7 Å². The quantitative estimate of drug-likeness (QED) is 0.583. The molecule has 1 atom stereocenters. The SMILES string of the molecule is CCCC=C(C(N)=O)C(C)N. The van der Waals surface area contributed by atoms with Gasteiger partial charge in [-0.2, -0.15) is 0 Å². The van der Waals surface area contributed by atoms with Gasteiger partial charge in [-0.05, 0) is 13.3 Å². The van der Waals surface area contributed by atoms with Crippen molar-refractivity contribution in [3.8, 4) is 0 Å². The number of carbonyl (C=O) groups is 1. The minimum absolute atomic E-state index is 0.251. The Bertz CT molecular complexity index is 161. The van der Waals surface area contributed by atoms with Gasteiger partial charge < -0.3 is 11.5 Å². The fraction of sp³-hybridized carbons (Fsp3) is 0.625. The summed E-state index contributed by atoms with van der Waals surface area (Å²) in [6.07, 6.45) is 3.68. The van der Waals surface area contributed by atoms with Crippen LogP contribution in [0.25, 0.3) is 0 Å². The van der Waals surface area contributed by atoms with Crippen molar-refractivity contribution in [3.63, 3.8) is 0 Å². The van der Waals surface area contributed by atoms with Gasteiger partial charge in [0.1, 0.15) is 0 Å². The molecule has 0 bridgehead atoms. The van der Waals surface area contributed by atoms with Crippen molar-refractivity contribution in [2.24, 2.45) is 11.5 Å². The Morgan fingerprint density at radius 3 is 2.45 bits per heavy atom. The van der Waals surface area contributed by atoms with Crippen LogP contribution < -0.4 is 11.5 Å². The molecule has 0 aliphatic carbocycles. The highest BCUT2D eigenvalue weighted by molar-refractivity contribution is 5.92. The van der Waals surface area contributed by atoms with E-state index in [1.54, 1.807) is 6.92 Å². The molecule has 3 nitrogen and oxygen atoms in total. The third-order valence-corrected chi connectivity index (χ3v) is 1.43.